The number of pyridine rings is 1. The minimum absolute atomic E-state index is 0.0881. The lowest BCUT2D eigenvalue weighted by Crippen LogP contribution is -2.23. The van der Waals surface area contributed by atoms with Crippen molar-refractivity contribution in [2.45, 2.75) is 18.9 Å². The average Bonchev–Trinajstić information content (AvgIpc) is 3.10. The normalized spacial score (nSPS) is 17.0. The number of hydrogen-bond donors (Lipinski definition) is 2. The molecule has 0 spiro atoms. The summed E-state index contributed by atoms with van der Waals surface area (Å²) in [6, 6.07) is 0. The third-order valence-corrected chi connectivity index (χ3v) is 2.65. The maximum Gasteiger partial charge on any atom is 0.253 e. The minimum Gasteiger partial charge on any atom is -0.391 e. The van der Waals surface area contributed by atoms with Gasteiger partial charge in [-0.3, -0.25) is 0 Å². The van der Waals surface area contributed by atoms with Gasteiger partial charge in [0.05, 0.1) is 6.10 Å². The van der Waals surface area contributed by atoms with Crippen molar-refractivity contribution in [2.75, 3.05) is 11.9 Å². The first kappa shape index (κ1) is 12.1. The lowest BCUT2D eigenvalue weighted by atomic mass is 10.2. The molecule has 1 aliphatic rings. The maximum absolute atomic E-state index is 13.1. The number of aromatic nitrogens is 1. The first-order valence-electron chi connectivity index (χ1n) is 5.12. The quantitative estimate of drug-likeness (QED) is 0.633. The summed E-state index contributed by atoms with van der Waals surface area (Å²) >= 11 is 0. The molecule has 1 saturated carbocycles. The van der Waals surface area contributed by atoms with Gasteiger partial charge in [-0.15, -0.1) is 0 Å². The molecule has 0 saturated heterocycles. The molecule has 0 aliphatic heterocycles. The molecule has 1 heterocycles. The number of nitrogens with one attached hydrogen (secondary N) is 1. The Morgan fingerprint density at radius 1 is 1.18 bits per heavy atom. The minimum atomic E-state index is -1.72. The van der Waals surface area contributed by atoms with Crippen molar-refractivity contribution in [3.05, 3.63) is 23.5 Å². The second-order valence-electron chi connectivity index (χ2n) is 3.98. The molecule has 0 amide bonds. The highest BCUT2D eigenvalue weighted by molar-refractivity contribution is 5.45. The number of aliphatic hydroxyl groups is 1. The molecule has 3 nitrogen and oxygen atoms in total. The van der Waals surface area contributed by atoms with E-state index >= 15 is 0 Å². The summed E-state index contributed by atoms with van der Waals surface area (Å²) in [6.45, 7) is -0.165. The lowest BCUT2D eigenvalue weighted by molar-refractivity contribution is 0.164. The standard InChI is InChI=1S/C10H10F4N2O/c11-6-8(7(12)10(14)16-9(6)13)15-3-5(17)4-1-2-4/h4-5,17H,1-3H2,(H,15,16). The maximum atomic E-state index is 13.1. The molecule has 1 aliphatic carbocycles. The van der Waals surface area contributed by atoms with Crippen LogP contribution >= 0.6 is 0 Å². The molecule has 94 valence electrons. The van der Waals surface area contributed by atoms with Gasteiger partial charge in [0.2, 0.25) is 11.6 Å². The molecule has 1 atom stereocenters. The molecular weight excluding hydrogens is 240 g/mol. The van der Waals surface area contributed by atoms with Gasteiger partial charge in [-0.1, -0.05) is 0 Å². The second kappa shape index (κ2) is 4.48. The summed E-state index contributed by atoms with van der Waals surface area (Å²) in [5.41, 5.74) is -0.935. The fourth-order valence-corrected chi connectivity index (χ4v) is 1.50. The van der Waals surface area contributed by atoms with Crippen LogP contribution in [-0.4, -0.2) is 22.7 Å². The van der Waals surface area contributed by atoms with Crippen molar-refractivity contribution >= 4 is 5.69 Å². The monoisotopic (exact) mass is 250 g/mol. The van der Waals surface area contributed by atoms with Crippen LogP contribution in [0, 0.1) is 29.4 Å². The SMILES string of the molecule is OC(CNc1c(F)c(F)nc(F)c1F)C1CC1. The summed E-state index contributed by atoms with van der Waals surface area (Å²) in [6.07, 6.45) is 0.896. The molecule has 1 aromatic heterocycles. The topological polar surface area (TPSA) is 45.1 Å². The Morgan fingerprint density at radius 2 is 1.71 bits per heavy atom. The van der Waals surface area contributed by atoms with Crippen molar-refractivity contribution < 1.29 is 22.7 Å². The van der Waals surface area contributed by atoms with E-state index in [9.17, 15) is 22.7 Å². The number of nitrogens with zero attached hydrogens (tertiary/aromatic N) is 1. The van der Waals surface area contributed by atoms with E-state index in [1.807, 2.05) is 0 Å². The van der Waals surface area contributed by atoms with Crippen LogP contribution in [0.3, 0.4) is 0 Å². The van der Waals surface area contributed by atoms with E-state index in [2.05, 4.69) is 10.3 Å². The molecule has 0 bridgehead atoms. The Bertz CT molecular complexity index is 411. The Hall–Kier alpha value is -1.37. The zero-order chi connectivity index (χ0) is 12.6. The summed E-state index contributed by atoms with van der Waals surface area (Å²) in [4.78, 5) is 2.42. The smallest absolute Gasteiger partial charge is 0.253 e. The van der Waals surface area contributed by atoms with Crippen molar-refractivity contribution in [3.63, 3.8) is 0 Å². The molecule has 17 heavy (non-hydrogen) atoms. The van der Waals surface area contributed by atoms with Crippen LogP contribution in [0.2, 0.25) is 0 Å². The van der Waals surface area contributed by atoms with Crippen LogP contribution in [-0.2, 0) is 0 Å². The zero-order valence-electron chi connectivity index (χ0n) is 8.68. The number of rotatable bonds is 4. The molecule has 1 unspecified atom stereocenters. The first-order chi connectivity index (χ1) is 8.00. The molecular formula is C10H10F4N2O. The summed E-state index contributed by atoms with van der Waals surface area (Å²) in [5, 5.41) is 11.6. The third-order valence-electron chi connectivity index (χ3n) is 2.65. The van der Waals surface area contributed by atoms with Gasteiger partial charge in [-0.25, -0.2) is 0 Å². The number of halogens is 4. The van der Waals surface area contributed by atoms with Crippen LogP contribution in [0.15, 0.2) is 0 Å². The molecule has 7 heteroatoms. The van der Waals surface area contributed by atoms with E-state index < -0.39 is 35.3 Å². The van der Waals surface area contributed by atoms with Gasteiger partial charge >= 0.3 is 0 Å². The first-order valence-corrected chi connectivity index (χ1v) is 5.12. The van der Waals surface area contributed by atoms with E-state index in [4.69, 9.17) is 0 Å². The summed E-state index contributed by atoms with van der Waals surface area (Å²) in [5.74, 6) is -6.52. The van der Waals surface area contributed by atoms with Crippen LogP contribution < -0.4 is 5.32 Å². The zero-order valence-corrected chi connectivity index (χ0v) is 8.68. The van der Waals surface area contributed by atoms with Crippen molar-refractivity contribution in [1.82, 2.24) is 4.98 Å². The number of anilines is 1. The Morgan fingerprint density at radius 3 is 2.18 bits per heavy atom. The highest BCUT2D eigenvalue weighted by atomic mass is 19.2. The van der Waals surface area contributed by atoms with E-state index in [0.29, 0.717) is 0 Å². The van der Waals surface area contributed by atoms with Crippen LogP contribution in [0.5, 0.6) is 0 Å². The Kier molecular flexibility index (Phi) is 3.19. The van der Waals surface area contributed by atoms with E-state index in [1.165, 1.54) is 0 Å². The van der Waals surface area contributed by atoms with E-state index in [1.54, 1.807) is 0 Å². The van der Waals surface area contributed by atoms with E-state index in [-0.39, 0.29) is 12.5 Å². The van der Waals surface area contributed by atoms with Gasteiger partial charge in [-0.2, -0.15) is 22.5 Å². The van der Waals surface area contributed by atoms with Crippen LogP contribution in [0.25, 0.3) is 0 Å². The van der Waals surface area contributed by atoms with Gasteiger partial charge in [-0.05, 0) is 18.8 Å². The van der Waals surface area contributed by atoms with Gasteiger partial charge in [0, 0.05) is 6.54 Å². The van der Waals surface area contributed by atoms with Gasteiger partial charge in [0.25, 0.3) is 11.9 Å². The molecule has 0 aromatic carbocycles. The number of aliphatic hydroxyl groups excluding tert-OH is 1. The Labute approximate surface area is 94.5 Å². The fraction of sp³-hybridized carbons (Fsp3) is 0.500. The summed E-state index contributed by atoms with van der Waals surface area (Å²) < 4.78 is 51.7. The van der Waals surface area contributed by atoms with Gasteiger partial charge in [0.1, 0.15) is 5.69 Å². The molecule has 2 N–H and O–H groups in total. The van der Waals surface area contributed by atoms with Crippen molar-refractivity contribution in [3.8, 4) is 0 Å². The molecule has 0 radical (unpaired) electrons. The molecule has 1 aromatic rings. The van der Waals surface area contributed by atoms with Crippen LogP contribution in [0.4, 0.5) is 23.2 Å². The third kappa shape index (κ3) is 2.49. The van der Waals surface area contributed by atoms with Crippen LogP contribution in [0.1, 0.15) is 12.8 Å². The highest BCUT2D eigenvalue weighted by Gasteiger charge is 2.30. The van der Waals surface area contributed by atoms with Crippen molar-refractivity contribution in [2.24, 2.45) is 5.92 Å². The predicted octanol–water partition coefficient (Wildman–Crippen LogP) is 1.82. The largest absolute Gasteiger partial charge is 0.391 e. The van der Waals surface area contributed by atoms with Gasteiger partial charge in [0.15, 0.2) is 0 Å². The Balaban J connectivity index is 2.13. The van der Waals surface area contributed by atoms with Crippen molar-refractivity contribution in [1.29, 1.82) is 0 Å². The van der Waals surface area contributed by atoms with E-state index in [0.717, 1.165) is 12.8 Å². The second-order valence-corrected chi connectivity index (χ2v) is 3.98. The number of hydrogen-bond acceptors (Lipinski definition) is 3. The van der Waals surface area contributed by atoms with Gasteiger partial charge < -0.3 is 10.4 Å². The average molecular weight is 250 g/mol. The summed E-state index contributed by atoms with van der Waals surface area (Å²) in [7, 11) is 0. The molecule has 2 rings (SSSR count). The highest BCUT2D eigenvalue weighted by Crippen LogP contribution is 2.33. The fourth-order valence-electron chi connectivity index (χ4n) is 1.50. The predicted molar refractivity (Wildman–Crippen MR) is 51.3 cm³/mol. The molecule has 1 fully saturated rings. The lowest BCUT2D eigenvalue weighted by Gasteiger charge is -2.13.